The fourth-order valence-corrected chi connectivity index (χ4v) is 3.20. The highest BCUT2D eigenvalue weighted by atomic mass is 16.8. The Morgan fingerprint density at radius 1 is 1.17 bits per heavy atom. The molecule has 0 radical (unpaired) electrons. The molecule has 0 saturated carbocycles. The van der Waals surface area contributed by atoms with Gasteiger partial charge in [-0.15, -0.1) is 0 Å². The van der Waals surface area contributed by atoms with Crippen LogP contribution in [0.4, 0.5) is 0 Å². The Bertz CT molecular complexity index is 1080. The Morgan fingerprint density at radius 2 is 1.83 bits per heavy atom. The maximum absolute atomic E-state index is 12.7. The van der Waals surface area contributed by atoms with Gasteiger partial charge in [-0.3, -0.25) is 0 Å². The van der Waals surface area contributed by atoms with Crippen LogP contribution in [0, 0.1) is 39.9 Å². The second kappa shape index (κ2) is 7.57. The van der Waals surface area contributed by atoms with Crippen LogP contribution in [-0.4, -0.2) is 23.7 Å². The highest BCUT2D eigenvalue weighted by Gasteiger charge is 2.44. The van der Waals surface area contributed by atoms with Gasteiger partial charge in [-0.2, -0.15) is 15.8 Å². The number of fused-ring (bicyclic) bond motifs is 1. The zero-order valence-corrected chi connectivity index (χ0v) is 16.0. The van der Waals surface area contributed by atoms with E-state index in [9.17, 15) is 15.2 Å². The van der Waals surface area contributed by atoms with Gasteiger partial charge in [-0.25, -0.2) is 4.79 Å². The molecule has 0 aromatic heterocycles. The summed E-state index contributed by atoms with van der Waals surface area (Å²) in [7, 11) is 0. The molecule has 1 aromatic rings. The lowest BCUT2D eigenvalue weighted by Gasteiger charge is -2.34. The van der Waals surface area contributed by atoms with Gasteiger partial charge in [0.2, 0.25) is 6.79 Å². The summed E-state index contributed by atoms with van der Waals surface area (Å²) in [6.07, 6.45) is 0. The molecule has 30 heavy (non-hydrogen) atoms. The molecule has 2 aliphatic rings. The van der Waals surface area contributed by atoms with Gasteiger partial charge in [-0.05, 0) is 17.7 Å². The van der Waals surface area contributed by atoms with Crippen molar-refractivity contribution in [3.63, 3.8) is 0 Å². The maximum Gasteiger partial charge on any atom is 0.345 e. The van der Waals surface area contributed by atoms with Crippen LogP contribution in [0.15, 0.2) is 41.0 Å². The fraction of sp³-hybridized carbons (Fsp3) is 0.300. The lowest BCUT2D eigenvalue weighted by molar-refractivity contribution is -0.222. The topological polar surface area (TPSA) is 172 Å². The standard InChI is InChI=1S/C20H16N4O6/c1-20(2)29-18(25)16(19(26)30-20)15(12(8-23)17(24)11(6-21)7-22)10-3-4-13-14(5-10)28-9-27-13/h3-5,12,15,25H,9,24H2,1-2H3/t12-,15+/m0/s1. The third-order valence-electron chi connectivity index (χ3n) is 4.52. The molecule has 10 nitrogen and oxygen atoms in total. The van der Waals surface area contributed by atoms with E-state index in [-0.39, 0.29) is 18.1 Å². The van der Waals surface area contributed by atoms with Gasteiger partial charge in [0.1, 0.15) is 23.3 Å². The first-order chi connectivity index (χ1) is 14.2. The largest absolute Gasteiger partial charge is 0.480 e. The number of nitriles is 3. The molecule has 1 aromatic carbocycles. The number of benzene rings is 1. The summed E-state index contributed by atoms with van der Waals surface area (Å²) in [5.41, 5.74) is 5.06. The Kier molecular flexibility index (Phi) is 5.14. The molecule has 3 N–H and O–H groups in total. The molecule has 0 spiro atoms. The molecule has 2 aliphatic heterocycles. The normalized spacial score (nSPS) is 18.0. The van der Waals surface area contributed by atoms with Crippen LogP contribution in [0.1, 0.15) is 25.3 Å². The summed E-state index contributed by atoms with van der Waals surface area (Å²) in [6, 6.07) is 9.77. The van der Waals surface area contributed by atoms with E-state index in [0.717, 1.165) is 0 Å². The number of hydrogen-bond acceptors (Lipinski definition) is 10. The van der Waals surface area contributed by atoms with E-state index >= 15 is 0 Å². The van der Waals surface area contributed by atoms with Gasteiger partial charge < -0.3 is 29.8 Å². The van der Waals surface area contributed by atoms with E-state index in [1.54, 1.807) is 24.3 Å². The van der Waals surface area contributed by atoms with Crippen LogP contribution in [0.2, 0.25) is 0 Å². The SMILES string of the molecule is CC1(C)OC(=O)C([C@H](c2ccc3c(c2)OCO3)[C@H](C#N)C(N)=C(C#N)C#N)=C(O)O1. The number of cyclic esters (lactones) is 1. The van der Waals surface area contributed by atoms with Gasteiger partial charge in [0.05, 0.1) is 17.7 Å². The number of carbonyl (C=O) groups is 1. The average Bonchev–Trinajstić information content (AvgIpc) is 3.14. The quantitative estimate of drug-likeness (QED) is 0.554. The number of aliphatic hydroxyl groups excluding tert-OH is 1. The minimum Gasteiger partial charge on any atom is -0.480 e. The summed E-state index contributed by atoms with van der Waals surface area (Å²) >= 11 is 0. The van der Waals surface area contributed by atoms with E-state index in [4.69, 9.17) is 35.2 Å². The van der Waals surface area contributed by atoms with E-state index in [1.807, 2.05) is 6.07 Å². The average molecular weight is 408 g/mol. The molecule has 3 rings (SSSR count). The van der Waals surface area contributed by atoms with E-state index in [0.29, 0.717) is 17.1 Å². The molecule has 0 amide bonds. The van der Waals surface area contributed by atoms with Crippen molar-refractivity contribution in [2.24, 2.45) is 11.7 Å². The number of rotatable bonds is 4. The number of allylic oxidation sites excluding steroid dienone is 2. The maximum atomic E-state index is 12.7. The summed E-state index contributed by atoms with van der Waals surface area (Å²) in [4.78, 5) is 12.7. The second-order valence-corrected chi connectivity index (χ2v) is 6.86. The highest BCUT2D eigenvalue weighted by molar-refractivity contribution is 5.91. The van der Waals surface area contributed by atoms with Crippen LogP contribution in [0.3, 0.4) is 0 Å². The number of carbonyl (C=O) groups excluding carboxylic acids is 1. The molecule has 2 heterocycles. The first-order valence-electron chi connectivity index (χ1n) is 8.67. The molecule has 0 bridgehead atoms. The Labute approximate surface area is 171 Å². The van der Waals surface area contributed by atoms with Gasteiger partial charge in [-0.1, -0.05) is 6.07 Å². The van der Waals surface area contributed by atoms with Gasteiger partial charge in [0, 0.05) is 19.8 Å². The Hall–Kier alpha value is -4.36. The van der Waals surface area contributed by atoms with Gasteiger partial charge >= 0.3 is 5.97 Å². The summed E-state index contributed by atoms with van der Waals surface area (Å²) in [5, 5.41) is 38.7. The van der Waals surface area contributed by atoms with Crippen molar-refractivity contribution in [2.45, 2.75) is 25.6 Å². The third-order valence-corrected chi connectivity index (χ3v) is 4.52. The molecule has 10 heteroatoms. The summed E-state index contributed by atoms with van der Waals surface area (Å²) in [5.74, 6) is -4.93. The lowest BCUT2D eigenvalue weighted by atomic mass is 9.78. The smallest absolute Gasteiger partial charge is 0.345 e. The number of esters is 1. The van der Waals surface area contributed by atoms with Crippen LogP contribution in [-0.2, 0) is 14.3 Å². The molecule has 0 aliphatic carbocycles. The number of nitrogens with zero attached hydrogens (tertiary/aromatic N) is 3. The van der Waals surface area contributed by atoms with Crippen molar-refractivity contribution in [2.75, 3.05) is 6.79 Å². The van der Waals surface area contributed by atoms with Crippen LogP contribution >= 0.6 is 0 Å². The molecule has 0 fully saturated rings. The first kappa shape index (κ1) is 20.4. The van der Waals surface area contributed by atoms with Crippen molar-refractivity contribution in [3.8, 4) is 29.7 Å². The van der Waals surface area contributed by atoms with Crippen molar-refractivity contribution < 1.29 is 28.8 Å². The minimum absolute atomic E-state index is 0.00647. The molecule has 2 atom stereocenters. The number of nitrogens with two attached hydrogens (primary N) is 1. The predicted molar refractivity (Wildman–Crippen MR) is 97.8 cm³/mol. The third kappa shape index (κ3) is 3.52. The second-order valence-electron chi connectivity index (χ2n) is 6.86. The minimum atomic E-state index is -1.43. The van der Waals surface area contributed by atoms with Crippen molar-refractivity contribution in [1.82, 2.24) is 0 Å². The first-order valence-corrected chi connectivity index (χ1v) is 8.67. The zero-order chi connectivity index (χ0) is 22.1. The zero-order valence-electron chi connectivity index (χ0n) is 16.0. The fourth-order valence-electron chi connectivity index (χ4n) is 3.20. The van der Waals surface area contributed by atoms with E-state index in [1.165, 1.54) is 19.9 Å². The summed E-state index contributed by atoms with van der Waals surface area (Å²) in [6.45, 7) is 2.84. The van der Waals surface area contributed by atoms with Crippen LogP contribution in [0.25, 0.3) is 0 Å². The molecule has 0 saturated heterocycles. The van der Waals surface area contributed by atoms with E-state index < -0.39 is 35.1 Å². The van der Waals surface area contributed by atoms with Crippen LogP contribution < -0.4 is 15.2 Å². The number of hydrogen-bond donors (Lipinski definition) is 2. The number of ether oxygens (including phenoxy) is 4. The van der Waals surface area contributed by atoms with Gasteiger partial charge in [0.15, 0.2) is 11.5 Å². The monoisotopic (exact) mass is 408 g/mol. The molecular formula is C20H16N4O6. The van der Waals surface area contributed by atoms with E-state index in [2.05, 4.69) is 0 Å². The Morgan fingerprint density at radius 3 is 2.43 bits per heavy atom. The number of aliphatic hydroxyl groups is 1. The summed E-state index contributed by atoms with van der Waals surface area (Å²) < 4.78 is 21.1. The Balaban J connectivity index is 2.24. The predicted octanol–water partition coefficient (Wildman–Crippen LogP) is 1.98. The van der Waals surface area contributed by atoms with Crippen molar-refractivity contribution >= 4 is 5.97 Å². The van der Waals surface area contributed by atoms with Crippen LogP contribution in [0.5, 0.6) is 11.5 Å². The highest BCUT2D eigenvalue weighted by Crippen LogP contribution is 2.44. The van der Waals surface area contributed by atoms with Crippen molar-refractivity contribution in [3.05, 3.63) is 46.6 Å². The van der Waals surface area contributed by atoms with Gasteiger partial charge in [0.25, 0.3) is 11.7 Å². The molecule has 0 unspecified atom stereocenters. The molecule has 152 valence electrons. The lowest BCUT2D eigenvalue weighted by Crippen LogP contribution is -2.39. The van der Waals surface area contributed by atoms with Crippen molar-refractivity contribution in [1.29, 1.82) is 15.8 Å². The molecular weight excluding hydrogens is 392 g/mol.